The average molecular weight is 274 g/mol. The number of methoxy groups -OCH3 is 1. The monoisotopic (exact) mass is 274 g/mol. The highest BCUT2D eigenvalue weighted by Gasteiger charge is 2.22. The van der Waals surface area contributed by atoms with E-state index in [1.165, 1.54) is 6.07 Å². The highest BCUT2D eigenvalue weighted by Crippen LogP contribution is 2.33. The molecule has 0 fully saturated rings. The fourth-order valence-electron chi connectivity index (χ4n) is 2.33. The molecule has 0 bridgehead atoms. The summed E-state index contributed by atoms with van der Waals surface area (Å²) in [6.07, 6.45) is 3.51. The number of aryl methyl sites for hydroxylation is 1. The molecule has 0 aliphatic heterocycles. The molecule has 0 saturated heterocycles. The summed E-state index contributed by atoms with van der Waals surface area (Å²) >= 11 is 0. The number of hydrogen-bond donors (Lipinski definition) is 1. The molecule has 0 aliphatic rings. The van der Waals surface area contributed by atoms with E-state index in [0.29, 0.717) is 11.3 Å². The fourth-order valence-corrected chi connectivity index (χ4v) is 2.33. The molecule has 1 aromatic carbocycles. The number of nitrogens with one attached hydrogen (secondary N) is 1. The van der Waals surface area contributed by atoms with Crippen molar-refractivity contribution < 1.29 is 9.13 Å². The summed E-state index contributed by atoms with van der Waals surface area (Å²) in [6.45, 7) is 4.71. The maximum absolute atomic E-state index is 14.3. The molecule has 2 aromatic rings. The van der Waals surface area contributed by atoms with Crippen LogP contribution in [0.5, 0.6) is 5.75 Å². The van der Waals surface area contributed by atoms with Crippen LogP contribution in [-0.2, 0) is 0 Å². The van der Waals surface area contributed by atoms with Crippen molar-refractivity contribution in [2.45, 2.75) is 19.9 Å². The molecule has 20 heavy (non-hydrogen) atoms. The summed E-state index contributed by atoms with van der Waals surface area (Å²) in [7, 11) is 1.55. The Kier molecular flexibility index (Phi) is 4.69. The third-order valence-electron chi connectivity index (χ3n) is 3.32. The summed E-state index contributed by atoms with van der Waals surface area (Å²) in [6, 6.07) is 6.52. The summed E-state index contributed by atoms with van der Waals surface area (Å²) in [5.74, 6) is 0.262. The van der Waals surface area contributed by atoms with E-state index in [9.17, 15) is 4.39 Å². The lowest BCUT2D eigenvalue weighted by atomic mass is 9.95. The minimum atomic E-state index is -0.279. The van der Waals surface area contributed by atoms with Crippen LogP contribution in [0.25, 0.3) is 0 Å². The van der Waals surface area contributed by atoms with Crippen LogP contribution in [0.1, 0.15) is 29.7 Å². The largest absolute Gasteiger partial charge is 0.496 e. The number of benzene rings is 1. The second kappa shape index (κ2) is 6.48. The second-order valence-corrected chi connectivity index (χ2v) is 4.58. The molecule has 1 unspecified atom stereocenters. The molecular weight excluding hydrogens is 255 g/mol. The molecule has 3 nitrogen and oxygen atoms in total. The van der Waals surface area contributed by atoms with Crippen molar-refractivity contribution in [1.29, 1.82) is 0 Å². The van der Waals surface area contributed by atoms with Crippen molar-refractivity contribution >= 4 is 0 Å². The highest BCUT2D eigenvalue weighted by molar-refractivity contribution is 5.43. The molecule has 1 N–H and O–H groups in total. The number of aromatic nitrogens is 1. The summed E-state index contributed by atoms with van der Waals surface area (Å²) in [5.41, 5.74) is 2.54. The Morgan fingerprint density at radius 1 is 1.35 bits per heavy atom. The average Bonchev–Trinajstić information content (AvgIpc) is 2.46. The van der Waals surface area contributed by atoms with Crippen LogP contribution < -0.4 is 10.1 Å². The first-order chi connectivity index (χ1) is 9.69. The zero-order valence-electron chi connectivity index (χ0n) is 12.0. The molecule has 1 atom stereocenters. The van der Waals surface area contributed by atoms with Crippen LogP contribution in [0.4, 0.5) is 4.39 Å². The van der Waals surface area contributed by atoms with Gasteiger partial charge in [-0.25, -0.2) is 4.39 Å². The number of ether oxygens (including phenoxy) is 1. The van der Waals surface area contributed by atoms with Gasteiger partial charge in [-0.3, -0.25) is 4.98 Å². The Morgan fingerprint density at radius 3 is 2.80 bits per heavy atom. The van der Waals surface area contributed by atoms with Gasteiger partial charge in [-0.2, -0.15) is 0 Å². The summed E-state index contributed by atoms with van der Waals surface area (Å²) in [4.78, 5) is 4.16. The van der Waals surface area contributed by atoms with E-state index in [1.54, 1.807) is 31.6 Å². The zero-order chi connectivity index (χ0) is 14.5. The van der Waals surface area contributed by atoms with E-state index < -0.39 is 0 Å². The Balaban J connectivity index is 2.57. The molecule has 0 spiro atoms. The molecule has 0 aliphatic carbocycles. The van der Waals surface area contributed by atoms with Crippen molar-refractivity contribution in [3.8, 4) is 5.75 Å². The maximum atomic E-state index is 14.3. The van der Waals surface area contributed by atoms with Crippen molar-refractivity contribution in [3.63, 3.8) is 0 Å². The Morgan fingerprint density at radius 2 is 2.15 bits per heavy atom. The standard InChI is InChI=1S/C16H19FN2O/c1-4-19-16(12-10-18-9-8-11(12)2)15-13(17)6-5-7-14(15)20-3/h5-10,16,19H,4H2,1-3H3. The topological polar surface area (TPSA) is 34.2 Å². The van der Waals surface area contributed by atoms with Crippen molar-refractivity contribution in [2.75, 3.05) is 13.7 Å². The number of nitrogens with zero attached hydrogens (tertiary/aromatic N) is 1. The normalized spacial score (nSPS) is 12.2. The van der Waals surface area contributed by atoms with Crippen LogP contribution in [0.2, 0.25) is 0 Å². The van der Waals surface area contributed by atoms with Gasteiger partial charge in [0, 0.05) is 12.4 Å². The van der Waals surface area contributed by atoms with Gasteiger partial charge in [-0.15, -0.1) is 0 Å². The lowest BCUT2D eigenvalue weighted by Crippen LogP contribution is -2.24. The minimum absolute atomic E-state index is 0.273. The van der Waals surface area contributed by atoms with E-state index in [2.05, 4.69) is 10.3 Å². The fraction of sp³-hybridized carbons (Fsp3) is 0.312. The van der Waals surface area contributed by atoms with Gasteiger partial charge in [0.25, 0.3) is 0 Å². The van der Waals surface area contributed by atoms with Gasteiger partial charge < -0.3 is 10.1 Å². The Labute approximate surface area is 118 Å². The van der Waals surface area contributed by atoms with Crippen molar-refractivity contribution in [2.24, 2.45) is 0 Å². The van der Waals surface area contributed by atoms with E-state index in [4.69, 9.17) is 4.74 Å². The predicted molar refractivity (Wildman–Crippen MR) is 77.4 cm³/mol. The first kappa shape index (κ1) is 14.5. The number of hydrogen-bond acceptors (Lipinski definition) is 3. The van der Waals surface area contributed by atoms with Gasteiger partial charge in [0.1, 0.15) is 11.6 Å². The van der Waals surface area contributed by atoms with Crippen LogP contribution >= 0.6 is 0 Å². The summed E-state index contributed by atoms with van der Waals surface area (Å²) in [5, 5.41) is 3.31. The molecular formula is C16H19FN2O. The number of pyridine rings is 1. The minimum Gasteiger partial charge on any atom is -0.496 e. The quantitative estimate of drug-likeness (QED) is 0.909. The molecule has 106 valence electrons. The van der Waals surface area contributed by atoms with Gasteiger partial charge in [0.2, 0.25) is 0 Å². The van der Waals surface area contributed by atoms with Gasteiger partial charge in [0.15, 0.2) is 0 Å². The van der Waals surface area contributed by atoms with Crippen molar-refractivity contribution in [1.82, 2.24) is 10.3 Å². The lowest BCUT2D eigenvalue weighted by molar-refractivity contribution is 0.397. The number of halogens is 1. The van der Waals surface area contributed by atoms with Gasteiger partial charge >= 0.3 is 0 Å². The van der Waals surface area contributed by atoms with Crippen LogP contribution in [0.3, 0.4) is 0 Å². The van der Waals surface area contributed by atoms with E-state index in [0.717, 1.165) is 17.7 Å². The van der Waals surface area contributed by atoms with Crippen LogP contribution in [0.15, 0.2) is 36.7 Å². The van der Waals surface area contributed by atoms with Crippen LogP contribution in [0, 0.1) is 12.7 Å². The predicted octanol–water partition coefficient (Wildman–Crippen LogP) is 3.24. The Bertz CT molecular complexity index is 586. The van der Waals surface area contributed by atoms with Crippen LogP contribution in [-0.4, -0.2) is 18.6 Å². The molecule has 1 aromatic heterocycles. The maximum Gasteiger partial charge on any atom is 0.132 e. The molecule has 4 heteroatoms. The molecule has 1 heterocycles. The molecule has 2 rings (SSSR count). The zero-order valence-corrected chi connectivity index (χ0v) is 12.0. The van der Waals surface area contributed by atoms with Gasteiger partial charge in [-0.05, 0) is 42.8 Å². The molecule has 0 amide bonds. The summed E-state index contributed by atoms with van der Waals surface area (Å²) < 4.78 is 19.6. The van der Waals surface area contributed by atoms with E-state index in [1.807, 2.05) is 19.9 Å². The van der Waals surface area contributed by atoms with Crippen molar-refractivity contribution in [3.05, 3.63) is 59.2 Å². The number of rotatable bonds is 5. The smallest absolute Gasteiger partial charge is 0.132 e. The SMILES string of the molecule is CCNC(c1cnccc1C)c1c(F)cccc1OC. The van der Waals surface area contributed by atoms with E-state index >= 15 is 0 Å². The third kappa shape index (κ3) is 2.80. The molecule has 0 saturated carbocycles. The Hall–Kier alpha value is -1.94. The first-order valence-electron chi connectivity index (χ1n) is 6.65. The lowest BCUT2D eigenvalue weighted by Gasteiger charge is -2.23. The second-order valence-electron chi connectivity index (χ2n) is 4.58. The van der Waals surface area contributed by atoms with E-state index in [-0.39, 0.29) is 11.9 Å². The highest BCUT2D eigenvalue weighted by atomic mass is 19.1. The molecule has 0 radical (unpaired) electrons. The van der Waals surface area contributed by atoms with Gasteiger partial charge in [-0.1, -0.05) is 13.0 Å². The third-order valence-corrected chi connectivity index (χ3v) is 3.32. The first-order valence-corrected chi connectivity index (χ1v) is 6.65. The van der Waals surface area contributed by atoms with Gasteiger partial charge in [0.05, 0.1) is 18.7 Å².